The van der Waals surface area contributed by atoms with Crippen LogP contribution in [0.5, 0.6) is 0 Å². The molecule has 5 aromatic carbocycles. The first-order valence-corrected chi connectivity index (χ1v) is 26.8. The van der Waals surface area contributed by atoms with Crippen LogP contribution >= 0.6 is 0 Å². The average Bonchev–Trinajstić information content (AvgIpc) is 3.69. The van der Waals surface area contributed by atoms with Gasteiger partial charge in [-0.1, -0.05) is 177 Å². The third kappa shape index (κ3) is 8.02. The van der Waals surface area contributed by atoms with Gasteiger partial charge in [-0.3, -0.25) is 0 Å². The fourth-order valence-corrected chi connectivity index (χ4v) is 13.0. The predicted molar refractivity (Wildman–Crippen MR) is 304 cm³/mol. The van der Waals surface area contributed by atoms with Crippen LogP contribution in [0.15, 0.2) is 119 Å². The van der Waals surface area contributed by atoms with Crippen molar-refractivity contribution in [2.45, 2.75) is 170 Å². The first-order valence-electron chi connectivity index (χ1n) is 26.8. The number of nitrogens with zero attached hydrogens (tertiary/aromatic N) is 3. The maximum absolute atomic E-state index is 11.2. The van der Waals surface area contributed by atoms with E-state index < -0.39 is 0 Å². The van der Waals surface area contributed by atoms with Crippen LogP contribution in [0.1, 0.15) is 181 Å². The summed E-state index contributed by atoms with van der Waals surface area (Å²) >= 11 is 0. The van der Waals surface area contributed by atoms with Crippen molar-refractivity contribution in [1.29, 1.82) is 5.26 Å². The van der Waals surface area contributed by atoms with Crippen molar-refractivity contribution in [3.05, 3.63) is 153 Å². The molecule has 0 bridgehead atoms. The van der Waals surface area contributed by atoms with Crippen molar-refractivity contribution >= 4 is 62.7 Å². The van der Waals surface area contributed by atoms with Crippen molar-refractivity contribution in [3.63, 3.8) is 0 Å². The van der Waals surface area contributed by atoms with E-state index in [-0.39, 0.29) is 39.2 Å². The average molecular weight is 940 g/mol. The van der Waals surface area contributed by atoms with Gasteiger partial charge in [0.2, 0.25) is 0 Å². The minimum absolute atomic E-state index is 0.00413. The molecular weight excluding hydrogens is 862 g/mol. The van der Waals surface area contributed by atoms with Gasteiger partial charge in [-0.2, -0.15) is 5.26 Å². The van der Waals surface area contributed by atoms with E-state index in [1.54, 1.807) is 0 Å². The summed E-state index contributed by atoms with van der Waals surface area (Å²) in [6.45, 7) is 38.5. The Labute approximate surface area is 427 Å². The molecule has 1 fully saturated rings. The number of hydrogen-bond donors (Lipinski definition) is 0. The molecule has 4 nitrogen and oxygen atoms in total. The molecule has 3 heterocycles. The maximum atomic E-state index is 11.2. The molecule has 4 aliphatic rings. The standard InChI is InChI=1S/C66H78BN3O/c1-17-43(44-21-19-18-20-22-44)38-50-48(63(9,10)30-31-65(50,13)14)29-34-69-53-36-42(40-68)37-54-57(53)67(51-26-25-49-56(59(51)69)66(15,16)33-32-64(49,11)12)60-58(47-39-46(62(6,7)8)24-28-55(47)71-60)70(54)52-27-23-45(35-41(52)2)61(3,4)5/h18-29,35-39,43H,17,30-34H2,1-16H3/b48-29+,50-38?. The molecule has 0 N–H and O–H groups in total. The van der Waals surface area contributed by atoms with E-state index >= 15 is 0 Å². The van der Waals surface area contributed by atoms with Crippen molar-refractivity contribution < 1.29 is 4.42 Å². The summed E-state index contributed by atoms with van der Waals surface area (Å²) in [7, 11) is 0. The van der Waals surface area contributed by atoms with Crippen LogP contribution in [0, 0.1) is 29.1 Å². The zero-order valence-electron chi connectivity index (χ0n) is 46.0. The van der Waals surface area contributed by atoms with Crippen molar-refractivity contribution in [2.75, 3.05) is 16.3 Å². The lowest BCUT2D eigenvalue weighted by Gasteiger charge is -2.49. The zero-order chi connectivity index (χ0) is 51.0. The van der Waals surface area contributed by atoms with Crippen LogP contribution in [0.4, 0.5) is 28.4 Å². The molecule has 6 aromatic rings. The van der Waals surface area contributed by atoms with Crippen LogP contribution < -0.4 is 26.4 Å². The zero-order valence-corrected chi connectivity index (χ0v) is 46.0. The number of hydrogen-bond acceptors (Lipinski definition) is 4. The van der Waals surface area contributed by atoms with Crippen LogP contribution in [-0.4, -0.2) is 13.3 Å². The molecular formula is C66H78BN3O. The van der Waals surface area contributed by atoms with Crippen molar-refractivity contribution in [3.8, 4) is 6.07 Å². The summed E-state index contributed by atoms with van der Waals surface area (Å²) in [5.74, 6) is 0.318. The Hall–Kier alpha value is -5.73. The monoisotopic (exact) mass is 940 g/mol. The number of furan rings is 1. The van der Waals surface area contributed by atoms with E-state index in [4.69, 9.17) is 4.42 Å². The molecule has 1 atom stereocenters. The van der Waals surface area contributed by atoms with Crippen LogP contribution in [0.2, 0.25) is 0 Å². The Morgan fingerprint density at radius 1 is 0.690 bits per heavy atom. The highest BCUT2D eigenvalue weighted by Crippen LogP contribution is 2.55. The molecule has 1 aromatic heterocycles. The minimum Gasteiger partial charge on any atom is -0.468 e. The highest BCUT2D eigenvalue weighted by atomic mass is 16.3. The highest BCUT2D eigenvalue weighted by Gasteiger charge is 2.51. The van der Waals surface area contributed by atoms with Gasteiger partial charge in [-0.15, -0.1) is 0 Å². The Morgan fingerprint density at radius 3 is 1.96 bits per heavy atom. The topological polar surface area (TPSA) is 43.4 Å². The third-order valence-electron chi connectivity index (χ3n) is 17.6. The lowest BCUT2D eigenvalue weighted by atomic mass is 9.35. The maximum Gasteiger partial charge on any atom is 0.297 e. The first-order chi connectivity index (χ1) is 33.3. The van der Waals surface area contributed by atoms with E-state index in [2.05, 4.69) is 230 Å². The number of aryl methyl sites for hydroxylation is 1. The van der Waals surface area contributed by atoms with Gasteiger partial charge < -0.3 is 14.2 Å². The molecule has 1 unspecified atom stereocenters. The number of allylic oxidation sites excluding steroid dienone is 3. The summed E-state index contributed by atoms with van der Waals surface area (Å²) in [6.07, 6.45) is 10.8. The molecule has 5 heteroatoms. The Balaban J connectivity index is 1.29. The van der Waals surface area contributed by atoms with Crippen LogP contribution in [0.25, 0.3) is 11.0 Å². The molecule has 2 aliphatic heterocycles. The van der Waals surface area contributed by atoms with Gasteiger partial charge in [0.15, 0.2) is 0 Å². The van der Waals surface area contributed by atoms with Crippen molar-refractivity contribution in [2.24, 2.45) is 10.8 Å². The van der Waals surface area contributed by atoms with Gasteiger partial charge in [-0.25, -0.2) is 0 Å². The van der Waals surface area contributed by atoms with E-state index in [9.17, 15) is 5.26 Å². The largest absolute Gasteiger partial charge is 0.468 e. The Bertz CT molecular complexity index is 3230. The number of benzene rings is 5. The first kappa shape index (κ1) is 48.9. The third-order valence-corrected chi connectivity index (χ3v) is 17.6. The molecule has 0 amide bonds. The second kappa shape index (κ2) is 16.7. The highest BCUT2D eigenvalue weighted by molar-refractivity contribution is 7.00. The van der Waals surface area contributed by atoms with Gasteiger partial charge in [0.05, 0.1) is 23.0 Å². The normalized spacial score (nSPS) is 20.1. The Morgan fingerprint density at radius 2 is 1.31 bits per heavy atom. The van der Waals surface area contributed by atoms with Gasteiger partial charge >= 0.3 is 0 Å². The lowest BCUT2D eigenvalue weighted by molar-refractivity contribution is 0.258. The van der Waals surface area contributed by atoms with Gasteiger partial charge in [-0.05, 0) is 157 Å². The summed E-state index contributed by atoms with van der Waals surface area (Å²) in [5, 5.41) is 12.3. The second-order valence-corrected chi connectivity index (χ2v) is 26.5. The van der Waals surface area contributed by atoms with Gasteiger partial charge in [0.25, 0.3) is 6.71 Å². The van der Waals surface area contributed by atoms with E-state index in [1.807, 2.05) is 0 Å². The lowest BCUT2D eigenvalue weighted by Crippen LogP contribution is -2.62. The minimum atomic E-state index is -0.194. The van der Waals surface area contributed by atoms with Crippen LogP contribution in [0.3, 0.4) is 0 Å². The van der Waals surface area contributed by atoms with E-state index in [0.717, 1.165) is 71.5 Å². The number of fused-ring (bicyclic) bond motifs is 8. The Kier molecular flexibility index (Phi) is 11.5. The number of rotatable bonds is 6. The summed E-state index contributed by atoms with van der Waals surface area (Å²) in [5.41, 5.74) is 21.4. The number of anilines is 5. The number of nitriles is 1. The molecule has 366 valence electrons. The van der Waals surface area contributed by atoms with Crippen LogP contribution in [-0.2, 0) is 21.7 Å². The summed E-state index contributed by atoms with van der Waals surface area (Å²) in [4.78, 5) is 5.13. The summed E-state index contributed by atoms with van der Waals surface area (Å²) < 4.78 is 7.42. The molecule has 71 heavy (non-hydrogen) atoms. The SMILES string of the molecule is CCC(C=C1/C(=C\CN2c3cc(C#N)cc4c3B(c3ccc5c(c32)C(C)(C)CCC5(C)C)c2oc3ccc(C(C)(C)C)cc3c2N4c2ccc(C(C)(C)C)cc2C)C(C)(C)CCC1(C)C)c1ccccc1. The van der Waals surface area contributed by atoms with E-state index in [0.29, 0.717) is 18.0 Å². The van der Waals surface area contributed by atoms with Crippen molar-refractivity contribution in [1.82, 2.24) is 0 Å². The molecule has 0 spiro atoms. The predicted octanol–water partition coefficient (Wildman–Crippen LogP) is 16.2. The molecule has 0 saturated heterocycles. The quantitative estimate of drug-likeness (QED) is 0.156. The fourth-order valence-electron chi connectivity index (χ4n) is 13.0. The molecule has 2 aliphatic carbocycles. The second-order valence-electron chi connectivity index (χ2n) is 26.5. The molecule has 10 rings (SSSR count). The fraction of sp³-hybridized carbons (Fsp3) is 0.439. The van der Waals surface area contributed by atoms with Gasteiger partial charge in [0, 0.05) is 40.6 Å². The molecule has 1 saturated carbocycles. The van der Waals surface area contributed by atoms with E-state index in [1.165, 1.54) is 61.1 Å². The summed E-state index contributed by atoms with van der Waals surface area (Å²) in [6, 6.07) is 37.0. The van der Waals surface area contributed by atoms with Gasteiger partial charge in [0.1, 0.15) is 5.58 Å². The molecule has 0 radical (unpaired) electrons. The smallest absolute Gasteiger partial charge is 0.297 e.